The second-order valence-electron chi connectivity index (χ2n) is 6.51. The maximum Gasteiger partial charge on any atom is 0.255 e. The van der Waals surface area contributed by atoms with Gasteiger partial charge in [-0.3, -0.25) is 9.79 Å². The van der Waals surface area contributed by atoms with Crippen LogP contribution in [-0.4, -0.2) is 31.6 Å². The van der Waals surface area contributed by atoms with Crippen molar-refractivity contribution in [3.05, 3.63) is 93.1 Å². The van der Waals surface area contributed by atoms with Gasteiger partial charge in [-0.25, -0.2) is 4.99 Å². The summed E-state index contributed by atoms with van der Waals surface area (Å²) in [6.07, 6.45) is 0. The molecule has 0 unspecified atom stereocenters. The van der Waals surface area contributed by atoms with E-state index in [9.17, 15) is 4.79 Å². The van der Waals surface area contributed by atoms with Crippen molar-refractivity contribution in [1.82, 2.24) is 0 Å². The summed E-state index contributed by atoms with van der Waals surface area (Å²) in [5, 5.41) is 2.91. The molecule has 0 aliphatic carbocycles. The van der Waals surface area contributed by atoms with Gasteiger partial charge in [-0.05, 0) is 108 Å². The van der Waals surface area contributed by atoms with Gasteiger partial charge in [0, 0.05) is 33.1 Å². The van der Waals surface area contributed by atoms with Gasteiger partial charge in [-0.1, -0.05) is 0 Å². The number of benzene rings is 3. The predicted octanol–water partition coefficient (Wildman–Crippen LogP) is 5.44. The Morgan fingerprint density at radius 2 is 1.43 bits per heavy atom. The number of hydrogen-bond donors (Lipinski definition) is 1. The van der Waals surface area contributed by atoms with Crippen LogP contribution in [0.2, 0.25) is 0 Å². The monoisotopic (exact) mass is 511 g/mol. The molecule has 0 saturated carbocycles. The third-order valence-electron chi connectivity index (χ3n) is 4.50. The maximum atomic E-state index is 12.4. The number of hydrogen-bond acceptors (Lipinski definition) is 3. The lowest BCUT2D eigenvalue weighted by atomic mass is 10.1. The molecule has 0 atom stereocenters. The summed E-state index contributed by atoms with van der Waals surface area (Å²) in [4.78, 5) is 21.4. The fourth-order valence-electron chi connectivity index (χ4n) is 2.81. The van der Waals surface area contributed by atoms with Crippen molar-refractivity contribution >= 4 is 45.7 Å². The van der Waals surface area contributed by atoms with Crippen molar-refractivity contribution in [2.45, 2.75) is 6.92 Å². The number of anilines is 1. The molecule has 1 amide bonds. The Morgan fingerprint density at radius 3 is 2.00 bits per heavy atom. The molecule has 0 aliphatic rings. The molecule has 30 heavy (non-hydrogen) atoms. The molecule has 152 valence electrons. The Hall–Kier alpha value is -3.00. The van der Waals surface area contributed by atoms with Gasteiger partial charge in [-0.2, -0.15) is 0 Å². The number of halogens is 1. The summed E-state index contributed by atoms with van der Waals surface area (Å²) in [6.45, 7) is 1.95. The van der Waals surface area contributed by atoms with Crippen molar-refractivity contribution < 1.29 is 9.53 Å². The van der Waals surface area contributed by atoms with E-state index in [4.69, 9.17) is 4.74 Å². The zero-order valence-electron chi connectivity index (χ0n) is 17.0. The lowest BCUT2D eigenvalue weighted by Gasteiger charge is -2.08. The van der Waals surface area contributed by atoms with Crippen LogP contribution in [0.5, 0.6) is 5.75 Å². The molecule has 3 aromatic rings. The van der Waals surface area contributed by atoms with E-state index >= 15 is 0 Å². The van der Waals surface area contributed by atoms with Crippen LogP contribution in [0.1, 0.15) is 28.4 Å². The molecule has 0 saturated heterocycles. The largest absolute Gasteiger partial charge is 0.497 e. The van der Waals surface area contributed by atoms with E-state index in [0.29, 0.717) is 17.1 Å². The molecular weight excluding hydrogens is 489 g/mol. The first-order valence-corrected chi connectivity index (χ1v) is 10.4. The molecule has 0 bridgehead atoms. The van der Waals surface area contributed by atoms with Crippen molar-refractivity contribution in [3.8, 4) is 5.75 Å². The van der Waals surface area contributed by atoms with Crippen molar-refractivity contribution in [2.24, 2.45) is 9.98 Å². The summed E-state index contributed by atoms with van der Waals surface area (Å²) in [5.74, 6) is 1.29. The molecule has 6 heteroatoms. The molecule has 0 heterocycles. The molecule has 3 aromatic carbocycles. The van der Waals surface area contributed by atoms with E-state index in [2.05, 4.69) is 37.9 Å². The minimum Gasteiger partial charge on any atom is -0.497 e. The number of carbonyl (C=O) groups is 1. The standard InChI is InChI=1S/C24H22IN3O2/c1-16(17-8-14-22(30-3)15-9-17)27-23(26-2)18-6-12-21(13-7-18)28-24(29)19-4-10-20(25)11-5-19/h4-15H,1-3H3,(H,28,29). The third-order valence-corrected chi connectivity index (χ3v) is 5.22. The van der Waals surface area contributed by atoms with Crippen molar-refractivity contribution in [3.63, 3.8) is 0 Å². The highest BCUT2D eigenvalue weighted by molar-refractivity contribution is 14.1. The number of amides is 1. The van der Waals surface area contributed by atoms with Crippen molar-refractivity contribution in [1.29, 1.82) is 0 Å². The lowest BCUT2D eigenvalue weighted by molar-refractivity contribution is 0.102. The van der Waals surface area contributed by atoms with Crippen LogP contribution in [-0.2, 0) is 0 Å². The fourth-order valence-corrected chi connectivity index (χ4v) is 3.17. The van der Waals surface area contributed by atoms with E-state index in [1.165, 1.54) is 0 Å². The van der Waals surface area contributed by atoms with Gasteiger partial charge in [0.1, 0.15) is 5.75 Å². The Labute approximate surface area is 190 Å². The van der Waals surface area contributed by atoms with E-state index < -0.39 is 0 Å². The Bertz CT molecular complexity index is 1070. The summed E-state index contributed by atoms with van der Waals surface area (Å²) in [7, 11) is 3.36. The summed E-state index contributed by atoms with van der Waals surface area (Å²) < 4.78 is 6.29. The molecule has 3 rings (SSSR count). The fraction of sp³-hybridized carbons (Fsp3) is 0.125. The number of carbonyl (C=O) groups excluding carboxylic acids is 1. The summed E-state index contributed by atoms with van der Waals surface area (Å²) in [6, 6.07) is 22.7. The lowest BCUT2D eigenvalue weighted by Crippen LogP contribution is -2.12. The van der Waals surface area contributed by atoms with Gasteiger partial charge >= 0.3 is 0 Å². The topological polar surface area (TPSA) is 63.1 Å². The number of nitrogens with one attached hydrogen (secondary N) is 1. The molecule has 5 nitrogen and oxygen atoms in total. The SMILES string of the molecule is CN=C(N=C(C)c1ccc(OC)cc1)c1ccc(NC(=O)c2ccc(I)cc2)cc1. The average Bonchev–Trinajstić information content (AvgIpc) is 2.78. The van der Waals surface area contributed by atoms with Gasteiger partial charge in [0.05, 0.1) is 7.11 Å². The minimum atomic E-state index is -0.142. The zero-order valence-corrected chi connectivity index (χ0v) is 19.2. The van der Waals surface area contributed by atoms with Gasteiger partial charge in [0.2, 0.25) is 0 Å². The number of rotatable bonds is 5. The zero-order chi connectivity index (χ0) is 21.5. The van der Waals surface area contributed by atoms with Crippen molar-refractivity contribution in [2.75, 3.05) is 19.5 Å². The van der Waals surface area contributed by atoms with Crippen LogP contribution in [0.3, 0.4) is 0 Å². The quantitative estimate of drug-likeness (QED) is 0.282. The third kappa shape index (κ3) is 5.54. The molecule has 1 N–H and O–H groups in total. The molecule has 0 radical (unpaired) electrons. The molecular formula is C24H22IN3O2. The normalized spacial score (nSPS) is 11.9. The molecule has 0 aromatic heterocycles. The number of amidine groups is 1. The number of nitrogens with zero attached hydrogens (tertiary/aromatic N) is 2. The minimum absolute atomic E-state index is 0.142. The Kier molecular flexibility index (Phi) is 7.35. The number of methoxy groups -OCH3 is 1. The van der Waals surface area contributed by atoms with E-state index in [0.717, 1.165) is 26.2 Å². The van der Waals surface area contributed by atoms with Crippen LogP contribution >= 0.6 is 22.6 Å². The second kappa shape index (κ2) is 10.2. The first kappa shape index (κ1) is 21.7. The predicted molar refractivity (Wildman–Crippen MR) is 131 cm³/mol. The highest BCUT2D eigenvalue weighted by atomic mass is 127. The molecule has 0 aliphatic heterocycles. The van der Waals surface area contributed by atoms with Crippen LogP contribution in [0.4, 0.5) is 5.69 Å². The number of aliphatic imine (C=N–C) groups is 2. The van der Waals surface area contributed by atoms with Gasteiger partial charge in [-0.15, -0.1) is 0 Å². The van der Waals surface area contributed by atoms with E-state index in [1.54, 1.807) is 14.2 Å². The van der Waals surface area contributed by atoms with Crippen LogP contribution in [0.15, 0.2) is 82.8 Å². The first-order chi connectivity index (χ1) is 14.5. The number of ether oxygens (including phenoxy) is 1. The van der Waals surface area contributed by atoms with E-state index in [1.807, 2.05) is 79.7 Å². The van der Waals surface area contributed by atoms with Crippen LogP contribution < -0.4 is 10.1 Å². The Balaban J connectivity index is 1.73. The van der Waals surface area contributed by atoms with Gasteiger partial charge in [0.25, 0.3) is 5.91 Å². The van der Waals surface area contributed by atoms with Gasteiger partial charge in [0.15, 0.2) is 5.84 Å². The first-order valence-electron chi connectivity index (χ1n) is 9.34. The molecule has 0 spiro atoms. The van der Waals surface area contributed by atoms with E-state index in [-0.39, 0.29) is 5.91 Å². The summed E-state index contributed by atoms with van der Waals surface area (Å²) in [5.41, 5.74) is 4.06. The second-order valence-corrected chi connectivity index (χ2v) is 7.76. The molecule has 0 fully saturated rings. The maximum absolute atomic E-state index is 12.4. The Morgan fingerprint density at radius 1 is 0.867 bits per heavy atom. The van der Waals surface area contributed by atoms with Gasteiger partial charge < -0.3 is 10.1 Å². The smallest absolute Gasteiger partial charge is 0.255 e. The highest BCUT2D eigenvalue weighted by Crippen LogP contribution is 2.16. The highest BCUT2D eigenvalue weighted by Gasteiger charge is 2.08. The van der Waals surface area contributed by atoms with Crippen LogP contribution in [0.25, 0.3) is 0 Å². The average molecular weight is 511 g/mol. The van der Waals surface area contributed by atoms with Crippen LogP contribution in [0, 0.1) is 3.57 Å². The summed E-state index contributed by atoms with van der Waals surface area (Å²) >= 11 is 2.21.